The molecule has 10 heteroatoms. The van der Waals surface area contributed by atoms with Crippen molar-refractivity contribution >= 4 is 18.7 Å². The molecule has 0 bridgehead atoms. The smallest absolute Gasteiger partial charge is 0.875 e. The molecule has 4 N–H and O–H groups in total. The van der Waals surface area contributed by atoms with E-state index in [2.05, 4.69) is 20.4 Å². The van der Waals surface area contributed by atoms with Crippen LogP contribution >= 0.6 is 0 Å². The maximum atomic E-state index is 9.58. The molecule has 0 spiro atoms. The fourth-order valence-electron chi connectivity index (χ4n) is 0. The van der Waals surface area contributed by atoms with E-state index >= 15 is 0 Å². The van der Waals surface area contributed by atoms with E-state index in [1.165, 1.54) is 13.8 Å². The third kappa shape index (κ3) is 3990. The zero-order valence-electron chi connectivity index (χ0n) is 14.4. The van der Waals surface area contributed by atoms with Gasteiger partial charge in [-0.1, -0.05) is 21.3 Å². The van der Waals surface area contributed by atoms with Crippen LogP contribution in [0, 0.1) is 13.8 Å². The molecule has 0 atom stereocenters. The summed E-state index contributed by atoms with van der Waals surface area (Å²) in [6, 6.07) is 0. The Balaban J connectivity index is -0.0000000132. The quantitative estimate of drug-likeness (QED) is 0.210. The van der Waals surface area contributed by atoms with Crippen molar-refractivity contribution in [2.24, 2.45) is 5.73 Å². The van der Waals surface area contributed by atoms with Crippen LogP contribution in [0.1, 0.15) is 48.0 Å². The van der Waals surface area contributed by atoms with Gasteiger partial charge in [-0.05, 0) is 13.8 Å². The van der Waals surface area contributed by atoms with Gasteiger partial charge in [0.15, 0.2) is 0 Å². The van der Waals surface area contributed by atoms with Crippen LogP contribution in [-0.4, -0.2) is 35.5 Å². The minimum Gasteiger partial charge on any atom is -0.875 e. The summed E-state index contributed by atoms with van der Waals surface area (Å²) in [5.41, 5.74) is 4.76. The summed E-state index contributed by atoms with van der Waals surface area (Å²) < 4.78 is 0. The van der Waals surface area contributed by atoms with Crippen LogP contribution in [0.3, 0.4) is 0 Å². The predicted molar refractivity (Wildman–Crippen MR) is 90.0 cm³/mol. The predicted octanol–water partition coefficient (Wildman–Crippen LogP) is 1.91. The molecule has 25 heavy (non-hydrogen) atoms. The molecule has 0 aromatic carbocycles. The molecule has 0 unspecified atom stereocenters. The summed E-state index contributed by atoms with van der Waals surface area (Å²) in [5.74, 6) is -0.0509. The van der Waals surface area contributed by atoms with Crippen molar-refractivity contribution in [2.45, 2.75) is 48.0 Å². The first kappa shape index (κ1) is 64.2. The minimum absolute atomic E-state index is 0. The molecule has 169 valence electrons. The summed E-state index contributed by atoms with van der Waals surface area (Å²) in [4.78, 5) is 26.2. The number of carbonyl (C=O) groups excluding carboxylic acids is 1. The zero-order valence-corrected chi connectivity index (χ0v) is 17.2. The second-order valence-corrected chi connectivity index (χ2v) is 2.86. The number of Topliss-reactive ketones (excluding diaryl/α,β-unsaturated/α-hetero) is 1. The van der Waals surface area contributed by atoms with Crippen molar-refractivity contribution in [3.05, 3.63) is 26.2 Å². The number of hydrogen-bond donors (Lipinski definition) is 3. The average Bonchev–Trinajstić information content (AvgIpc) is 2.32. The van der Waals surface area contributed by atoms with Crippen LogP contribution in [-0.2, 0) is 65.6 Å². The van der Waals surface area contributed by atoms with E-state index in [0.717, 1.165) is 12.8 Å². The molecule has 0 heterocycles. The van der Waals surface area contributed by atoms with E-state index in [0.29, 0.717) is 0 Å². The summed E-state index contributed by atoms with van der Waals surface area (Å²) in [7, 11) is 0. The second-order valence-electron chi connectivity index (χ2n) is 2.86. The van der Waals surface area contributed by atoms with E-state index in [1.54, 1.807) is 0 Å². The van der Waals surface area contributed by atoms with Gasteiger partial charge in [0.1, 0.15) is 5.78 Å². The first-order chi connectivity index (χ1) is 9.66. The van der Waals surface area contributed by atoms with Gasteiger partial charge in [0, 0.05) is 23.6 Å². The Morgan fingerprint density at radius 2 is 1.12 bits per heavy atom. The molecule has 0 saturated carbocycles. The van der Waals surface area contributed by atoms with Crippen molar-refractivity contribution in [1.29, 1.82) is 0 Å². The molecule has 0 rings (SSSR count). The number of rotatable bonds is 1. The summed E-state index contributed by atoms with van der Waals surface area (Å²) in [6.07, 6.45) is 2.00. The number of nitrogens with two attached hydrogens (primary N) is 1. The van der Waals surface area contributed by atoms with E-state index in [4.69, 9.17) is 25.5 Å². The van der Waals surface area contributed by atoms with Crippen molar-refractivity contribution in [3.63, 3.8) is 0 Å². The van der Waals surface area contributed by atoms with E-state index in [1.807, 2.05) is 13.8 Å². The van der Waals surface area contributed by atoms with E-state index < -0.39 is 0 Å². The summed E-state index contributed by atoms with van der Waals surface area (Å²) in [5, 5.41) is 23.4. The Labute approximate surface area is 185 Å². The van der Waals surface area contributed by atoms with Crippen molar-refractivity contribution in [2.75, 3.05) is 6.54 Å². The van der Waals surface area contributed by atoms with Gasteiger partial charge in [-0.3, -0.25) is 9.59 Å². The Hall–Kier alpha value is -0.332. The summed E-state index contributed by atoms with van der Waals surface area (Å²) >= 11 is 0. The van der Waals surface area contributed by atoms with Crippen LogP contribution < -0.4 is 10.8 Å². The number of hydrogen-bond acceptors (Lipinski definition) is 5. The SMILES string of the molecule is C.C=C([O-])CN.CC(C)=O.O=CO.O=CO.[CH2-]CC.[CH2-]CC.[Cu+].[Cu+].[Cu]. The first-order valence-corrected chi connectivity index (χ1v) is 5.93. The van der Waals surface area contributed by atoms with Gasteiger partial charge in [0.05, 0.1) is 0 Å². The maximum Gasteiger partial charge on any atom is 1.00 e. The van der Waals surface area contributed by atoms with E-state index in [-0.39, 0.29) is 89.7 Å². The van der Waals surface area contributed by atoms with Crippen LogP contribution in [0.25, 0.3) is 0 Å². The number of ketones is 1. The largest absolute Gasteiger partial charge is 1.00 e. The van der Waals surface area contributed by atoms with Gasteiger partial charge in [-0.2, -0.15) is 12.8 Å². The van der Waals surface area contributed by atoms with E-state index in [9.17, 15) is 9.90 Å². The number of carbonyl (C=O) groups is 3. The molecular formula is C15H34Cu3NO6-. The third-order valence-electron chi connectivity index (χ3n) is 0.228. The molecule has 0 fully saturated rings. The minimum atomic E-state index is -0.250. The van der Waals surface area contributed by atoms with Crippen molar-refractivity contribution in [3.8, 4) is 0 Å². The Bertz CT molecular complexity index is 198. The summed E-state index contributed by atoms with van der Waals surface area (Å²) in [6.45, 7) is 16.6. The standard InChI is InChI=1S/C3H7NO.C3H6O.2C3H7.2CH2O2.CH4.3Cu/c1-3(5)2-4;1-3(2)4;2*1-3-2;2*2-1-3;;;;/h5H,1-2,4H2;1-2H3;2*1,3H2,2H3;2*1H,(H,2,3);1H4;;;/q;;2*-1;;;;;2*+1/p-1. The average molecular weight is 515 g/mol. The number of carboxylic acid groups (broad SMARTS) is 2. The van der Waals surface area contributed by atoms with Gasteiger partial charge < -0.3 is 39.7 Å². The van der Waals surface area contributed by atoms with Crippen molar-refractivity contribution in [1.82, 2.24) is 0 Å². The van der Waals surface area contributed by atoms with Gasteiger partial charge in [-0.15, -0.1) is 12.3 Å². The normalized spacial score (nSPS) is 4.92. The third-order valence-corrected chi connectivity index (χ3v) is 0.228. The molecule has 1 radical (unpaired) electrons. The topological polar surface area (TPSA) is 141 Å². The van der Waals surface area contributed by atoms with Gasteiger partial charge >= 0.3 is 34.1 Å². The zero-order chi connectivity index (χ0) is 18.7. The van der Waals surface area contributed by atoms with Crippen LogP contribution in [0.5, 0.6) is 0 Å². The monoisotopic (exact) mass is 513 g/mol. The molecule has 0 amide bonds. The van der Waals surface area contributed by atoms with Gasteiger partial charge in [0.25, 0.3) is 12.9 Å². The van der Waals surface area contributed by atoms with Crippen LogP contribution in [0.2, 0.25) is 0 Å². The Morgan fingerprint density at radius 1 is 1.08 bits per heavy atom. The molecule has 0 aromatic rings. The molecule has 7 nitrogen and oxygen atoms in total. The molecule has 0 aliphatic rings. The first-order valence-electron chi connectivity index (χ1n) is 5.93. The molecule has 0 aromatic heterocycles. The second kappa shape index (κ2) is 107. The van der Waals surface area contributed by atoms with Crippen molar-refractivity contribution < 1.29 is 80.9 Å². The molecule has 0 saturated heterocycles. The molecular weight excluding hydrogens is 481 g/mol. The fraction of sp³-hybridized carbons (Fsp3) is 0.533. The molecule has 0 aliphatic heterocycles. The Morgan fingerprint density at radius 3 is 1.12 bits per heavy atom. The van der Waals surface area contributed by atoms with Crippen LogP contribution in [0.4, 0.5) is 0 Å². The van der Waals surface area contributed by atoms with Crippen LogP contribution in [0.15, 0.2) is 12.3 Å². The molecule has 0 aliphatic carbocycles. The maximum absolute atomic E-state index is 9.58. The Kier molecular flexibility index (Phi) is 275. The van der Waals surface area contributed by atoms with Gasteiger partial charge in [-0.25, -0.2) is 0 Å². The van der Waals surface area contributed by atoms with Gasteiger partial charge in [0.2, 0.25) is 0 Å². The fourth-order valence-corrected chi connectivity index (χ4v) is 0.